The molecule has 2 aromatic carbocycles. The highest BCUT2D eigenvalue weighted by Gasteiger charge is 2.33. The molecule has 1 fully saturated rings. The quantitative estimate of drug-likeness (QED) is 0.834. The highest BCUT2D eigenvalue weighted by molar-refractivity contribution is 7.89. The second-order valence-electron chi connectivity index (χ2n) is 7.59. The van der Waals surface area contributed by atoms with Crippen molar-refractivity contribution in [1.29, 1.82) is 0 Å². The molecule has 1 aliphatic heterocycles. The van der Waals surface area contributed by atoms with Crippen LogP contribution in [0.4, 0.5) is 0 Å². The van der Waals surface area contributed by atoms with Gasteiger partial charge in [-0.3, -0.25) is 4.79 Å². The van der Waals surface area contributed by atoms with E-state index in [-0.39, 0.29) is 29.3 Å². The highest BCUT2D eigenvalue weighted by atomic mass is 32.2. The molecule has 6 heteroatoms. The van der Waals surface area contributed by atoms with E-state index in [4.69, 9.17) is 0 Å². The SMILES string of the molecule is Cc1ccc([C@H](C)NC(=O)[C@H]2CCCN(S(=O)(=O)c3ccccc3)C2)cc1C. The van der Waals surface area contributed by atoms with Crippen LogP contribution >= 0.6 is 0 Å². The molecule has 150 valence electrons. The summed E-state index contributed by atoms with van der Waals surface area (Å²) in [6.07, 6.45) is 1.38. The van der Waals surface area contributed by atoms with Gasteiger partial charge in [0.25, 0.3) is 0 Å². The zero-order valence-corrected chi connectivity index (χ0v) is 17.5. The number of nitrogens with zero attached hydrogens (tertiary/aromatic N) is 1. The van der Waals surface area contributed by atoms with E-state index in [2.05, 4.69) is 31.3 Å². The summed E-state index contributed by atoms with van der Waals surface area (Å²) in [6.45, 7) is 6.76. The van der Waals surface area contributed by atoms with Gasteiger partial charge < -0.3 is 5.32 Å². The van der Waals surface area contributed by atoms with Crippen molar-refractivity contribution in [3.8, 4) is 0 Å². The van der Waals surface area contributed by atoms with Crippen LogP contribution < -0.4 is 5.32 Å². The number of carbonyl (C=O) groups is 1. The summed E-state index contributed by atoms with van der Waals surface area (Å²) in [4.78, 5) is 13.1. The zero-order valence-electron chi connectivity index (χ0n) is 16.7. The van der Waals surface area contributed by atoms with Gasteiger partial charge in [-0.15, -0.1) is 0 Å². The van der Waals surface area contributed by atoms with Crippen LogP contribution in [0.5, 0.6) is 0 Å². The minimum atomic E-state index is -3.57. The van der Waals surface area contributed by atoms with E-state index in [9.17, 15) is 13.2 Å². The van der Waals surface area contributed by atoms with Crippen molar-refractivity contribution < 1.29 is 13.2 Å². The Morgan fingerprint density at radius 1 is 1.11 bits per heavy atom. The maximum Gasteiger partial charge on any atom is 0.243 e. The Balaban J connectivity index is 1.68. The van der Waals surface area contributed by atoms with E-state index in [1.807, 2.05) is 13.0 Å². The molecule has 0 unspecified atom stereocenters. The molecule has 1 heterocycles. The Kier molecular flexibility index (Phi) is 6.20. The van der Waals surface area contributed by atoms with Gasteiger partial charge in [-0.1, -0.05) is 36.4 Å². The standard InChI is InChI=1S/C22H28N2O3S/c1-16-11-12-19(14-17(16)2)18(3)23-22(25)20-8-7-13-24(15-20)28(26,27)21-9-5-4-6-10-21/h4-6,9-12,14,18,20H,7-8,13,15H2,1-3H3,(H,23,25)/t18-,20-/m0/s1. The smallest absolute Gasteiger partial charge is 0.243 e. The molecular weight excluding hydrogens is 372 g/mol. The summed E-state index contributed by atoms with van der Waals surface area (Å²) in [7, 11) is -3.57. The average Bonchev–Trinajstić information content (AvgIpc) is 2.70. The third-order valence-corrected chi connectivity index (χ3v) is 7.40. The zero-order chi connectivity index (χ0) is 20.3. The van der Waals surface area contributed by atoms with Gasteiger partial charge in [-0.2, -0.15) is 4.31 Å². The number of hydrogen-bond acceptors (Lipinski definition) is 3. The van der Waals surface area contributed by atoms with Crippen molar-refractivity contribution in [1.82, 2.24) is 9.62 Å². The van der Waals surface area contributed by atoms with Crippen molar-refractivity contribution in [2.75, 3.05) is 13.1 Å². The third-order valence-electron chi connectivity index (χ3n) is 5.53. The molecule has 2 atom stereocenters. The number of carbonyl (C=O) groups excluding carboxylic acids is 1. The van der Waals surface area contributed by atoms with Gasteiger partial charge in [0.1, 0.15) is 0 Å². The van der Waals surface area contributed by atoms with E-state index in [1.54, 1.807) is 30.3 Å². The molecule has 0 spiro atoms. The molecule has 5 nitrogen and oxygen atoms in total. The largest absolute Gasteiger partial charge is 0.349 e. The second kappa shape index (κ2) is 8.45. The van der Waals surface area contributed by atoms with Crippen LogP contribution in [0.25, 0.3) is 0 Å². The number of sulfonamides is 1. The number of rotatable bonds is 5. The Morgan fingerprint density at radius 2 is 1.82 bits per heavy atom. The fourth-order valence-electron chi connectivity index (χ4n) is 3.56. The van der Waals surface area contributed by atoms with E-state index >= 15 is 0 Å². The van der Waals surface area contributed by atoms with Gasteiger partial charge in [0, 0.05) is 13.1 Å². The Bertz CT molecular complexity index is 942. The van der Waals surface area contributed by atoms with Gasteiger partial charge in [-0.25, -0.2) is 8.42 Å². The van der Waals surface area contributed by atoms with Crippen LogP contribution in [0, 0.1) is 19.8 Å². The molecule has 0 saturated carbocycles. The summed E-state index contributed by atoms with van der Waals surface area (Å²) in [5.74, 6) is -0.417. The van der Waals surface area contributed by atoms with Crippen LogP contribution in [0.15, 0.2) is 53.4 Å². The van der Waals surface area contributed by atoms with Crippen molar-refractivity contribution in [2.24, 2.45) is 5.92 Å². The molecule has 0 radical (unpaired) electrons. The van der Waals surface area contributed by atoms with Crippen LogP contribution in [0.3, 0.4) is 0 Å². The van der Waals surface area contributed by atoms with E-state index in [0.29, 0.717) is 19.4 Å². The summed E-state index contributed by atoms with van der Waals surface area (Å²) < 4.78 is 27.2. The number of amides is 1. The fraction of sp³-hybridized carbons (Fsp3) is 0.409. The molecule has 0 aromatic heterocycles. The van der Waals surface area contributed by atoms with Crippen LogP contribution in [0.1, 0.15) is 42.5 Å². The number of benzene rings is 2. The van der Waals surface area contributed by atoms with Crippen molar-refractivity contribution in [3.63, 3.8) is 0 Å². The number of hydrogen-bond donors (Lipinski definition) is 1. The lowest BCUT2D eigenvalue weighted by atomic mass is 9.97. The van der Waals surface area contributed by atoms with Gasteiger partial charge >= 0.3 is 0 Å². The molecule has 28 heavy (non-hydrogen) atoms. The normalized spacial score (nSPS) is 19.2. The predicted octanol–water partition coefficient (Wildman–Crippen LogP) is 3.58. The summed E-state index contributed by atoms with van der Waals surface area (Å²) >= 11 is 0. The third kappa shape index (κ3) is 4.45. The van der Waals surface area contributed by atoms with Gasteiger partial charge in [-0.05, 0) is 62.4 Å². The summed E-state index contributed by atoms with van der Waals surface area (Å²) in [5.41, 5.74) is 3.47. The molecule has 0 aliphatic carbocycles. The molecular formula is C22H28N2O3S. The Morgan fingerprint density at radius 3 is 2.50 bits per heavy atom. The fourth-order valence-corrected chi connectivity index (χ4v) is 5.11. The molecule has 3 rings (SSSR count). The first kappa shape index (κ1) is 20.6. The first-order chi connectivity index (χ1) is 13.3. The van der Waals surface area contributed by atoms with E-state index < -0.39 is 10.0 Å². The molecule has 1 N–H and O–H groups in total. The van der Waals surface area contributed by atoms with Crippen molar-refractivity contribution >= 4 is 15.9 Å². The Labute approximate surface area is 167 Å². The topological polar surface area (TPSA) is 66.5 Å². The van der Waals surface area contributed by atoms with Crippen molar-refractivity contribution in [2.45, 2.75) is 44.6 Å². The lowest BCUT2D eigenvalue weighted by Crippen LogP contribution is -2.45. The van der Waals surface area contributed by atoms with E-state index in [1.165, 1.54) is 15.4 Å². The maximum absolute atomic E-state index is 12.9. The monoisotopic (exact) mass is 400 g/mol. The number of piperidine rings is 1. The first-order valence-electron chi connectivity index (χ1n) is 9.72. The van der Waals surface area contributed by atoms with Gasteiger partial charge in [0.2, 0.25) is 15.9 Å². The Hall–Kier alpha value is -2.18. The van der Waals surface area contributed by atoms with Crippen molar-refractivity contribution in [3.05, 3.63) is 65.2 Å². The molecule has 1 amide bonds. The minimum absolute atomic E-state index is 0.0845. The lowest BCUT2D eigenvalue weighted by Gasteiger charge is -2.32. The molecule has 1 aliphatic rings. The molecule has 2 aromatic rings. The van der Waals surface area contributed by atoms with Crippen LogP contribution in [-0.2, 0) is 14.8 Å². The summed E-state index contributed by atoms with van der Waals surface area (Å²) in [5, 5.41) is 3.06. The second-order valence-corrected chi connectivity index (χ2v) is 9.53. The highest BCUT2D eigenvalue weighted by Crippen LogP contribution is 2.25. The van der Waals surface area contributed by atoms with Gasteiger partial charge in [0.05, 0.1) is 16.9 Å². The van der Waals surface area contributed by atoms with Crippen LogP contribution in [-0.4, -0.2) is 31.7 Å². The molecule has 0 bridgehead atoms. The van der Waals surface area contributed by atoms with Gasteiger partial charge in [0.15, 0.2) is 0 Å². The number of aryl methyl sites for hydroxylation is 2. The van der Waals surface area contributed by atoms with Crippen LogP contribution in [0.2, 0.25) is 0 Å². The first-order valence-corrected chi connectivity index (χ1v) is 11.2. The van der Waals surface area contributed by atoms with E-state index in [0.717, 1.165) is 5.56 Å². The predicted molar refractivity (Wildman–Crippen MR) is 110 cm³/mol. The summed E-state index contributed by atoms with van der Waals surface area (Å²) in [6, 6.07) is 14.5. The number of nitrogens with one attached hydrogen (secondary N) is 1. The maximum atomic E-state index is 12.9. The lowest BCUT2D eigenvalue weighted by molar-refractivity contribution is -0.126. The minimum Gasteiger partial charge on any atom is -0.349 e. The molecule has 1 saturated heterocycles. The average molecular weight is 401 g/mol.